The summed E-state index contributed by atoms with van der Waals surface area (Å²) in [6.07, 6.45) is 3.15. The Labute approximate surface area is 207 Å². The van der Waals surface area contributed by atoms with Crippen molar-refractivity contribution in [1.82, 2.24) is 25.0 Å². The summed E-state index contributed by atoms with van der Waals surface area (Å²) in [5, 5.41) is 10.5. The normalized spacial score (nSPS) is 17.2. The summed E-state index contributed by atoms with van der Waals surface area (Å²) >= 11 is 0. The first-order chi connectivity index (χ1) is 17.5. The van der Waals surface area contributed by atoms with Crippen LogP contribution in [-0.2, 0) is 13.5 Å². The fraction of sp³-hybridized carbons (Fsp3) is 0.360. The Morgan fingerprint density at radius 2 is 2.00 bits per heavy atom. The zero-order chi connectivity index (χ0) is 26.6. The topological polar surface area (TPSA) is 98.6 Å². The van der Waals surface area contributed by atoms with Crippen LogP contribution in [0.15, 0.2) is 36.7 Å². The number of pyridine rings is 1. The van der Waals surface area contributed by atoms with Gasteiger partial charge in [0.2, 0.25) is 0 Å². The lowest BCUT2D eigenvalue weighted by Crippen LogP contribution is -2.36. The summed E-state index contributed by atoms with van der Waals surface area (Å²) in [6, 6.07) is 7.22. The molecule has 2 N–H and O–H groups in total. The largest absolute Gasteiger partial charge is 0.368 e. The third-order valence-corrected chi connectivity index (χ3v) is 6.32. The Kier molecular flexibility index (Phi) is 4.99. The summed E-state index contributed by atoms with van der Waals surface area (Å²) in [6.45, 7) is 3.23. The molecule has 0 atom stereocenters. The second-order valence-corrected chi connectivity index (χ2v) is 8.95. The van der Waals surface area contributed by atoms with Crippen molar-refractivity contribution < 1.29 is 12.3 Å². The van der Waals surface area contributed by atoms with Crippen molar-refractivity contribution in [3.05, 3.63) is 47.8 Å². The van der Waals surface area contributed by atoms with E-state index in [0.717, 1.165) is 5.56 Å². The summed E-state index contributed by atoms with van der Waals surface area (Å²) in [5.74, 6) is 0.0994. The molecule has 5 rings (SSSR count). The first-order valence-electron chi connectivity index (χ1n) is 12.5. The zero-order valence-electron chi connectivity index (χ0n) is 22.5. The van der Waals surface area contributed by atoms with E-state index in [9.17, 15) is 9.59 Å². The Hall–Kier alpha value is -4.08. The summed E-state index contributed by atoms with van der Waals surface area (Å²) in [4.78, 5) is 35.1. The first-order valence-corrected chi connectivity index (χ1v) is 11.5. The molecule has 10 heteroatoms. The van der Waals surface area contributed by atoms with E-state index in [2.05, 4.69) is 20.7 Å². The van der Waals surface area contributed by atoms with Gasteiger partial charge in [-0.15, -0.1) is 0 Å². The van der Waals surface area contributed by atoms with E-state index in [1.54, 1.807) is 52.8 Å². The highest BCUT2D eigenvalue weighted by atomic mass is 16.2. The third kappa shape index (κ3) is 3.84. The minimum atomic E-state index is -1.80. The van der Waals surface area contributed by atoms with Gasteiger partial charge in [0.15, 0.2) is 0 Å². The molecule has 35 heavy (non-hydrogen) atoms. The predicted octanol–water partition coefficient (Wildman–Crippen LogP) is 3.19. The number of urea groups is 1. The number of nitrogens with zero attached hydrogens (tertiary/aromatic N) is 6. The van der Waals surface area contributed by atoms with Crippen LogP contribution in [0.25, 0.3) is 11.3 Å². The van der Waals surface area contributed by atoms with Gasteiger partial charge in [-0.25, -0.2) is 9.78 Å². The number of amides is 3. The van der Waals surface area contributed by atoms with Crippen molar-refractivity contribution in [3.8, 4) is 11.3 Å². The van der Waals surface area contributed by atoms with Crippen molar-refractivity contribution in [1.29, 1.82) is 0 Å². The van der Waals surface area contributed by atoms with Crippen LogP contribution < -0.4 is 20.4 Å². The zero-order valence-corrected chi connectivity index (χ0v) is 20.5. The minimum Gasteiger partial charge on any atom is -0.368 e. The van der Waals surface area contributed by atoms with Crippen molar-refractivity contribution >= 4 is 34.8 Å². The molecule has 10 nitrogen and oxygen atoms in total. The highest BCUT2D eigenvalue weighted by Crippen LogP contribution is 2.43. The Morgan fingerprint density at radius 1 is 1.20 bits per heavy atom. The summed E-state index contributed by atoms with van der Waals surface area (Å²) in [5.41, 5.74) is 3.80. The van der Waals surface area contributed by atoms with Crippen molar-refractivity contribution in [2.45, 2.75) is 26.4 Å². The molecule has 0 spiro atoms. The van der Waals surface area contributed by atoms with Crippen LogP contribution in [0.5, 0.6) is 0 Å². The molecule has 182 valence electrons. The van der Waals surface area contributed by atoms with Crippen LogP contribution >= 0.6 is 0 Å². The highest BCUT2D eigenvalue weighted by molar-refractivity contribution is 6.02. The second-order valence-electron chi connectivity index (χ2n) is 8.95. The minimum absolute atomic E-state index is 0.0677. The van der Waals surface area contributed by atoms with E-state index < -0.39 is 6.50 Å². The molecule has 1 aromatic carbocycles. The van der Waals surface area contributed by atoms with E-state index in [1.807, 2.05) is 32.0 Å². The highest BCUT2D eigenvalue weighted by Gasteiger charge is 2.33. The van der Waals surface area contributed by atoms with Crippen LogP contribution in [0.4, 0.5) is 27.7 Å². The number of nitrogens with one attached hydrogen (secondary N) is 2. The van der Waals surface area contributed by atoms with Crippen molar-refractivity contribution in [3.63, 3.8) is 0 Å². The van der Waals surface area contributed by atoms with Gasteiger partial charge in [0.05, 0.1) is 31.1 Å². The molecule has 0 radical (unpaired) electrons. The molecule has 0 bridgehead atoms. The molecule has 4 heterocycles. The summed E-state index contributed by atoms with van der Waals surface area (Å²) < 4.78 is 19.2. The van der Waals surface area contributed by atoms with Crippen LogP contribution in [0, 0.1) is 0 Å². The predicted molar refractivity (Wildman–Crippen MR) is 136 cm³/mol. The van der Waals surface area contributed by atoms with Gasteiger partial charge in [-0.05, 0) is 19.9 Å². The van der Waals surface area contributed by atoms with E-state index in [4.69, 9.17) is 2.74 Å². The van der Waals surface area contributed by atoms with E-state index in [1.165, 1.54) is 6.20 Å². The quantitative estimate of drug-likeness (QED) is 0.587. The van der Waals surface area contributed by atoms with E-state index in [-0.39, 0.29) is 18.0 Å². The van der Waals surface area contributed by atoms with E-state index in [0.29, 0.717) is 52.8 Å². The summed E-state index contributed by atoms with van der Waals surface area (Å²) in [7, 11) is 5.01. The van der Waals surface area contributed by atoms with E-state index >= 15 is 0 Å². The van der Waals surface area contributed by atoms with Crippen LogP contribution in [-0.4, -0.2) is 64.8 Å². The van der Waals surface area contributed by atoms with Crippen LogP contribution in [0.3, 0.4) is 0 Å². The maximum absolute atomic E-state index is 13.0. The molecule has 0 unspecified atom stereocenters. The Bertz CT molecular complexity index is 1400. The average molecular weight is 477 g/mol. The number of anilines is 4. The maximum atomic E-state index is 13.0. The number of carbonyl (C=O) groups excluding carboxylic acids is 2. The molecule has 2 aliphatic rings. The standard InChI is InChI=1S/C25H30N8O2/c1-15(2)32-9-10-33(25(32)35)21-11-20(18(12-27-21)24(34)26-3)28-19-8-6-7-17-22-16(14-31(5)29-22)13-30(4)23(17)19/h6-8,11-12,14-15H,9-10,13H2,1-5H3,(H,26,34)(H,27,28)/i13D2. The number of benzene rings is 1. The van der Waals surface area contributed by atoms with Gasteiger partial charge in [-0.2, -0.15) is 5.10 Å². The maximum Gasteiger partial charge on any atom is 0.326 e. The van der Waals surface area contributed by atoms with Gasteiger partial charge in [0.25, 0.3) is 5.91 Å². The molecule has 2 aromatic heterocycles. The molecule has 1 saturated heterocycles. The fourth-order valence-corrected chi connectivity index (χ4v) is 4.60. The average Bonchev–Trinajstić information content (AvgIpc) is 3.45. The van der Waals surface area contributed by atoms with Crippen LogP contribution in [0.2, 0.25) is 0 Å². The van der Waals surface area contributed by atoms with Gasteiger partial charge in [-0.1, -0.05) is 12.1 Å². The monoisotopic (exact) mass is 476 g/mol. The molecule has 0 aliphatic carbocycles. The second kappa shape index (κ2) is 8.61. The van der Waals surface area contributed by atoms with Gasteiger partial charge in [0, 0.05) is 76.4 Å². The number of hydrogen-bond donors (Lipinski definition) is 2. The molecule has 1 fully saturated rings. The number of carbonyl (C=O) groups is 2. The molecule has 3 aromatic rings. The number of fused-ring (bicyclic) bond motifs is 3. The molecular formula is C25H30N8O2. The van der Waals surface area contributed by atoms with Gasteiger partial charge in [-0.3, -0.25) is 14.4 Å². The molecular weight excluding hydrogens is 444 g/mol. The lowest BCUT2D eigenvalue weighted by Gasteiger charge is -2.29. The number of hydrogen-bond acceptors (Lipinski definition) is 6. The fourth-order valence-electron chi connectivity index (χ4n) is 4.60. The van der Waals surface area contributed by atoms with Gasteiger partial charge < -0.3 is 20.4 Å². The number of aryl methyl sites for hydroxylation is 1. The first kappa shape index (κ1) is 20.3. The third-order valence-electron chi connectivity index (χ3n) is 6.32. The molecule has 2 aliphatic heterocycles. The lowest BCUT2D eigenvalue weighted by atomic mass is 9.99. The lowest BCUT2D eigenvalue weighted by molar-refractivity contribution is 0.0963. The number of rotatable bonds is 5. The smallest absolute Gasteiger partial charge is 0.326 e. The van der Waals surface area contributed by atoms with Gasteiger partial charge >= 0.3 is 6.03 Å². The molecule has 3 amide bonds. The number of aromatic nitrogens is 3. The Morgan fingerprint density at radius 3 is 2.71 bits per heavy atom. The number of para-hydroxylation sites is 1. The van der Waals surface area contributed by atoms with Gasteiger partial charge in [0.1, 0.15) is 5.82 Å². The SMILES string of the molecule is [2H]C1([2H])c2cn(C)nc2-c2cccc(Nc3cc(N4CCN(C(C)C)C4=O)ncc3C(=O)NC)c2N1C. The molecule has 0 saturated carbocycles. The van der Waals surface area contributed by atoms with Crippen molar-refractivity contribution in [2.75, 3.05) is 42.3 Å². The van der Waals surface area contributed by atoms with Crippen molar-refractivity contribution in [2.24, 2.45) is 7.05 Å². The Balaban J connectivity index is 1.60. The van der Waals surface area contributed by atoms with Crippen LogP contribution in [0.1, 0.15) is 32.5 Å².